The molecule has 12 nitrogen and oxygen atoms in total. The van der Waals surface area contributed by atoms with Crippen LogP contribution in [0, 0.1) is 11.3 Å². The highest BCUT2D eigenvalue weighted by atomic mass is 31.2. The van der Waals surface area contributed by atoms with E-state index in [1.807, 2.05) is 0 Å². The van der Waals surface area contributed by atoms with E-state index in [0.717, 1.165) is 6.04 Å². The van der Waals surface area contributed by atoms with Gasteiger partial charge in [-0.3, -0.25) is 0 Å². The van der Waals surface area contributed by atoms with Gasteiger partial charge in [0.1, 0.15) is 31.1 Å². The smallest absolute Gasteiger partial charge is 0.358 e. The molecule has 46 heavy (non-hydrogen) atoms. The molecule has 2 rings (SSSR count). The molecule has 1 fully saturated rings. The van der Waals surface area contributed by atoms with Gasteiger partial charge < -0.3 is 32.8 Å². The molecular formula is C31H59N4O8PSi2. The van der Waals surface area contributed by atoms with Gasteiger partial charge in [0.15, 0.2) is 14.0 Å². The summed E-state index contributed by atoms with van der Waals surface area (Å²) >= 11 is 0. The lowest BCUT2D eigenvalue weighted by Crippen LogP contribution is -2.50. The number of hydrogen-bond donors (Lipinski definition) is 1. The van der Waals surface area contributed by atoms with E-state index in [9.17, 15) is 15.2 Å². The molecule has 2 heterocycles. The maximum absolute atomic E-state index is 12.7. The highest BCUT2D eigenvalue weighted by molar-refractivity contribution is 7.44. The molecule has 1 N–H and O–H groups in total. The zero-order valence-corrected chi connectivity index (χ0v) is 33.2. The fraction of sp³-hybridized carbons (Fsp3) is 0.839. The van der Waals surface area contributed by atoms with Gasteiger partial charge in [-0.25, -0.2) is 14.1 Å². The largest absolute Gasteiger partial charge is 0.464 e. The second-order valence-electron chi connectivity index (χ2n) is 15.0. The van der Waals surface area contributed by atoms with Crippen LogP contribution < -0.4 is 0 Å². The Balaban J connectivity index is 2.68. The number of esters is 1. The maximum atomic E-state index is 12.7. The van der Waals surface area contributed by atoms with E-state index in [2.05, 4.69) is 97.0 Å². The molecule has 1 aliphatic rings. The van der Waals surface area contributed by atoms with Crippen molar-refractivity contribution in [2.45, 2.75) is 142 Å². The zero-order valence-electron chi connectivity index (χ0n) is 30.3. The van der Waals surface area contributed by atoms with E-state index in [4.69, 9.17) is 27.7 Å². The van der Waals surface area contributed by atoms with Crippen LogP contribution in [0.3, 0.4) is 0 Å². The van der Waals surface area contributed by atoms with E-state index < -0.39 is 55.3 Å². The van der Waals surface area contributed by atoms with Crippen LogP contribution in [0.25, 0.3) is 0 Å². The number of methoxy groups -OCH3 is 1. The molecule has 1 aromatic heterocycles. The van der Waals surface area contributed by atoms with Crippen molar-refractivity contribution in [3.63, 3.8) is 0 Å². The topological polar surface area (TPSA) is 138 Å². The van der Waals surface area contributed by atoms with Crippen molar-refractivity contribution in [2.24, 2.45) is 0 Å². The SMILES string of the molecule is COC(=O)c1cc([C@@H]2O[C@H](CO)[C@@H](O[Si](C)(C)C(C)(C)C)[C@H]2OP(OCCC#N)N(C(C)C)C(C)C)n(COCC[Si](C)(C)C)n1. The number of nitriles is 1. The van der Waals surface area contributed by atoms with Crippen molar-refractivity contribution in [3.8, 4) is 6.07 Å². The summed E-state index contributed by atoms with van der Waals surface area (Å²) < 4.78 is 41.6. The van der Waals surface area contributed by atoms with E-state index in [-0.39, 0.29) is 49.2 Å². The fourth-order valence-corrected chi connectivity index (χ4v) is 8.60. The lowest BCUT2D eigenvalue weighted by molar-refractivity contribution is -0.0260. The Morgan fingerprint density at radius 1 is 1.15 bits per heavy atom. The van der Waals surface area contributed by atoms with Crippen molar-refractivity contribution >= 4 is 30.9 Å². The molecule has 5 atom stereocenters. The highest BCUT2D eigenvalue weighted by Crippen LogP contribution is 2.53. The summed E-state index contributed by atoms with van der Waals surface area (Å²) in [6.45, 7) is 26.5. The van der Waals surface area contributed by atoms with Crippen LogP contribution in [-0.4, -0.2) is 99.2 Å². The van der Waals surface area contributed by atoms with Crippen molar-refractivity contribution in [3.05, 3.63) is 17.5 Å². The molecular weight excluding hydrogens is 644 g/mol. The molecule has 0 radical (unpaired) electrons. The second kappa shape index (κ2) is 17.4. The number of aromatic nitrogens is 2. The third-order valence-electron chi connectivity index (χ3n) is 8.31. The molecule has 0 bridgehead atoms. The fourth-order valence-electron chi connectivity index (χ4n) is 4.78. The van der Waals surface area contributed by atoms with Gasteiger partial charge in [0.05, 0.1) is 38.5 Å². The predicted molar refractivity (Wildman–Crippen MR) is 185 cm³/mol. The molecule has 0 aliphatic carbocycles. The number of aliphatic hydroxyl groups excluding tert-OH is 1. The lowest BCUT2D eigenvalue weighted by Gasteiger charge is -2.42. The number of hydrogen-bond acceptors (Lipinski definition) is 11. The summed E-state index contributed by atoms with van der Waals surface area (Å²) in [5, 5.41) is 24.3. The first-order valence-electron chi connectivity index (χ1n) is 16.2. The Morgan fingerprint density at radius 2 is 1.78 bits per heavy atom. The van der Waals surface area contributed by atoms with E-state index in [1.54, 1.807) is 10.7 Å². The van der Waals surface area contributed by atoms with Gasteiger partial charge in [0, 0.05) is 26.8 Å². The molecule has 264 valence electrons. The third-order valence-corrected chi connectivity index (χ3v) is 16.6. The quantitative estimate of drug-likeness (QED) is 0.0780. The molecule has 1 aliphatic heterocycles. The Bertz CT molecular complexity index is 1140. The molecule has 1 saturated heterocycles. The van der Waals surface area contributed by atoms with Crippen LogP contribution >= 0.6 is 8.53 Å². The Kier molecular flexibility index (Phi) is 15.5. The van der Waals surface area contributed by atoms with Gasteiger partial charge >= 0.3 is 5.97 Å². The molecule has 1 unspecified atom stereocenters. The number of carbonyl (C=O) groups is 1. The van der Waals surface area contributed by atoms with Gasteiger partial charge in [-0.2, -0.15) is 10.4 Å². The van der Waals surface area contributed by atoms with Gasteiger partial charge in [0.2, 0.25) is 0 Å². The van der Waals surface area contributed by atoms with E-state index >= 15 is 0 Å². The second-order valence-corrected chi connectivity index (χ2v) is 26.8. The number of rotatable bonds is 18. The lowest BCUT2D eigenvalue weighted by atomic mass is 10.1. The average molecular weight is 703 g/mol. The van der Waals surface area contributed by atoms with Crippen molar-refractivity contribution < 1.29 is 37.6 Å². The normalized spacial score (nSPS) is 21.7. The minimum absolute atomic E-state index is 0.0681. The summed E-state index contributed by atoms with van der Waals surface area (Å²) in [6.07, 6.45) is -2.69. The van der Waals surface area contributed by atoms with Gasteiger partial charge in [0.25, 0.3) is 8.53 Å². The molecule has 1 aromatic rings. The van der Waals surface area contributed by atoms with Crippen LogP contribution in [0.5, 0.6) is 0 Å². The van der Waals surface area contributed by atoms with Gasteiger partial charge in [-0.1, -0.05) is 40.4 Å². The third kappa shape index (κ3) is 11.2. The maximum Gasteiger partial charge on any atom is 0.358 e. The monoisotopic (exact) mass is 702 g/mol. The van der Waals surface area contributed by atoms with Crippen LogP contribution in [0.1, 0.15) is 77.2 Å². The first-order valence-corrected chi connectivity index (χ1v) is 24.0. The van der Waals surface area contributed by atoms with Crippen LogP contribution in [0.4, 0.5) is 0 Å². The number of carbonyl (C=O) groups excluding carboxylic acids is 1. The molecule has 0 aromatic carbocycles. The average Bonchev–Trinajstić information content (AvgIpc) is 3.50. The van der Waals surface area contributed by atoms with Crippen molar-refractivity contribution in [1.82, 2.24) is 14.5 Å². The number of nitrogens with zero attached hydrogens (tertiary/aromatic N) is 4. The van der Waals surface area contributed by atoms with Gasteiger partial charge in [-0.15, -0.1) is 0 Å². The summed E-state index contributed by atoms with van der Waals surface area (Å²) in [4.78, 5) is 12.7. The van der Waals surface area contributed by atoms with Crippen molar-refractivity contribution in [2.75, 3.05) is 26.9 Å². The molecule has 0 saturated carbocycles. The number of aliphatic hydroxyl groups is 1. The zero-order chi connectivity index (χ0) is 35.0. The Labute approximate surface area is 280 Å². The van der Waals surface area contributed by atoms with E-state index in [1.165, 1.54) is 7.11 Å². The minimum atomic E-state index is -2.41. The first kappa shape index (κ1) is 40.9. The Hall–Kier alpha value is -1.25. The molecule has 0 amide bonds. The molecule has 15 heteroatoms. The molecule has 0 spiro atoms. The summed E-state index contributed by atoms with van der Waals surface area (Å²) in [7, 11) is -4.13. The standard InChI is InChI=1S/C31H59N4O8PSi2/c1-22(2)35(23(3)4)44(40-16-14-15-32)42-29-27(41-26(20-36)28(29)43-46(12,13)31(5,6)7)25-19-24(30(37)38-8)33-34(25)21-39-17-18-45(9,10)11/h19,22-23,26-29,36H,14,16-18,20-21H2,1-13H3/t26-,27+,28-,29+,44?/m1/s1. The first-order chi connectivity index (χ1) is 21.3. The van der Waals surface area contributed by atoms with Gasteiger partial charge in [-0.05, 0) is 57.9 Å². The summed E-state index contributed by atoms with van der Waals surface area (Å²) in [5.74, 6) is -0.585. The van der Waals surface area contributed by atoms with Crippen LogP contribution in [-0.2, 0) is 34.4 Å². The summed E-state index contributed by atoms with van der Waals surface area (Å²) in [6, 6.07) is 4.89. The Morgan fingerprint density at radius 3 is 2.28 bits per heavy atom. The summed E-state index contributed by atoms with van der Waals surface area (Å²) in [5.41, 5.74) is 0.660. The van der Waals surface area contributed by atoms with Crippen LogP contribution in [0.15, 0.2) is 6.07 Å². The van der Waals surface area contributed by atoms with E-state index in [0.29, 0.717) is 12.3 Å². The minimum Gasteiger partial charge on any atom is -0.464 e. The predicted octanol–water partition coefficient (Wildman–Crippen LogP) is 6.47. The van der Waals surface area contributed by atoms with Crippen LogP contribution in [0.2, 0.25) is 43.8 Å². The number of ether oxygens (including phenoxy) is 3. The van der Waals surface area contributed by atoms with Crippen molar-refractivity contribution in [1.29, 1.82) is 5.26 Å². The highest BCUT2D eigenvalue weighted by Gasteiger charge is 2.53.